The van der Waals surface area contributed by atoms with E-state index in [-0.39, 0.29) is 11.6 Å². The Labute approximate surface area is 125 Å². The van der Waals surface area contributed by atoms with Gasteiger partial charge in [0, 0.05) is 31.8 Å². The van der Waals surface area contributed by atoms with Gasteiger partial charge < -0.3 is 10.2 Å². The lowest BCUT2D eigenvalue weighted by Gasteiger charge is -2.24. The minimum absolute atomic E-state index is 0.0287. The van der Waals surface area contributed by atoms with Crippen LogP contribution >= 0.6 is 0 Å². The molecule has 1 rings (SSSR count). The monoisotopic (exact) mass is 293 g/mol. The maximum atomic E-state index is 12.5. The van der Waals surface area contributed by atoms with Crippen molar-refractivity contribution < 1.29 is 9.72 Å². The lowest BCUT2D eigenvalue weighted by molar-refractivity contribution is -0.383. The molecule has 6 heteroatoms. The normalized spacial score (nSPS) is 11.8. The number of carbonyl (C=O) groups excluding carboxylic acids is 1. The second kappa shape index (κ2) is 7.61. The predicted molar refractivity (Wildman–Crippen MR) is 83.7 cm³/mol. The topological polar surface area (TPSA) is 75.5 Å². The van der Waals surface area contributed by atoms with E-state index in [1.807, 2.05) is 6.92 Å². The lowest BCUT2D eigenvalue weighted by atomic mass is 10.1. The summed E-state index contributed by atoms with van der Waals surface area (Å²) < 4.78 is 0. The highest BCUT2D eigenvalue weighted by Crippen LogP contribution is 2.25. The third kappa shape index (κ3) is 4.18. The van der Waals surface area contributed by atoms with Gasteiger partial charge in [0.2, 0.25) is 0 Å². The number of nitro benzene ring substituents is 1. The van der Waals surface area contributed by atoms with Crippen molar-refractivity contribution in [3.8, 4) is 0 Å². The Morgan fingerprint density at radius 1 is 1.43 bits per heavy atom. The van der Waals surface area contributed by atoms with Crippen molar-refractivity contribution in [2.45, 2.75) is 27.2 Å². The van der Waals surface area contributed by atoms with Crippen molar-refractivity contribution in [3.63, 3.8) is 0 Å². The number of nitrogens with zero attached hydrogens (tertiary/aromatic N) is 2. The van der Waals surface area contributed by atoms with Gasteiger partial charge in [0.1, 0.15) is 5.69 Å². The number of nitro groups is 1. The van der Waals surface area contributed by atoms with E-state index < -0.39 is 4.92 Å². The summed E-state index contributed by atoms with van der Waals surface area (Å²) in [5.74, 6) is 0.333. The Hall–Kier alpha value is -2.11. The van der Waals surface area contributed by atoms with Crippen LogP contribution in [-0.4, -0.2) is 35.9 Å². The molecule has 1 atom stereocenters. The Morgan fingerprint density at radius 3 is 2.57 bits per heavy atom. The van der Waals surface area contributed by atoms with Crippen LogP contribution in [0.3, 0.4) is 0 Å². The fraction of sp³-hybridized carbons (Fsp3) is 0.533. The molecular weight excluding hydrogens is 270 g/mol. The van der Waals surface area contributed by atoms with Gasteiger partial charge in [-0.3, -0.25) is 14.9 Å². The van der Waals surface area contributed by atoms with Crippen LogP contribution in [0.2, 0.25) is 0 Å². The van der Waals surface area contributed by atoms with E-state index in [2.05, 4.69) is 19.2 Å². The molecule has 1 N–H and O–H groups in total. The maximum Gasteiger partial charge on any atom is 0.292 e. The first-order chi connectivity index (χ1) is 9.94. The first kappa shape index (κ1) is 16.9. The van der Waals surface area contributed by atoms with E-state index >= 15 is 0 Å². The van der Waals surface area contributed by atoms with E-state index in [1.165, 1.54) is 12.1 Å². The molecule has 0 bridgehead atoms. The third-order valence-corrected chi connectivity index (χ3v) is 3.61. The van der Waals surface area contributed by atoms with Crippen LogP contribution in [0.1, 0.15) is 37.6 Å². The summed E-state index contributed by atoms with van der Waals surface area (Å²) in [6, 6.07) is 4.43. The second-order valence-electron chi connectivity index (χ2n) is 5.10. The molecule has 0 aliphatic carbocycles. The lowest BCUT2D eigenvalue weighted by Crippen LogP contribution is -2.34. The fourth-order valence-electron chi connectivity index (χ4n) is 2.07. The molecule has 0 heterocycles. The molecule has 0 fully saturated rings. The van der Waals surface area contributed by atoms with Gasteiger partial charge in [-0.2, -0.15) is 0 Å². The number of hydrogen-bond acceptors (Lipinski definition) is 4. The SMILES string of the molecule is CCC(C)CN(CC)C(=O)c1ccc([N+](=O)[O-])c(NC)c1. The number of benzene rings is 1. The highest BCUT2D eigenvalue weighted by atomic mass is 16.6. The Bertz CT molecular complexity index is 517. The zero-order valence-corrected chi connectivity index (χ0v) is 13.0. The average Bonchev–Trinajstić information content (AvgIpc) is 2.50. The number of carbonyl (C=O) groups is 1. The molecule has 1 aromatic rings. The van der Waals surface area contributed by atoms with Gasteiger partial charge in [-0.1, -0.05) is 20.3 Å². The zero-order chi connectivity index (χ0) is 16.0. The van der Waals surface area contributed by atoms with E-state index in [0.29, 0.717) is 30.3 Å². The van der Waals surface area contributed by atoms with Crippen LogP contribution in [-0.2, 0) is 0 Å². The van der Waals surface area contributed by atoms with Gasteiger partial charge in [-0.25, -0.2) is 0 Å². The van der Waals surface area contributed by atoms with Crippen LogP contribution in [0.15, 0.2) is 18.2 Å². The summed E-state index contributed by atoms with van der Waals surface area (Å²) in [6.45, 7) is 7.44. The molecule has 0 aromatic heterocycles. The zero-order valence-electron chi connectivity index (χ0n) is 13.0. The maximum absolute atomic E-state index is 12.5. The van der Waals surface area contributed by atoms with Crippen LogP contribution < -0.4 is 5.32 Å². The van der Waals surface area contributed by atoms with Crippen molar-refractivity contribution in [2.24, 2.45) is 5.92 Å². The summed E-state index contributed by atoms with van der Waals surface area (Å²) in [5, 5.41) is 13.7. The number of amides is 1. The van der Waals surface area contributed by atoms with Crippen molar-refractivity contribution in [1.29, 1.82) is 0 Å². The van der Waals surface area contributed by atoms with Gasteiger partial charge in [0.15, 0.2) is 0 Å². The molecular formula is C15H23N3O3. The molecule has 0 saturated heterocycles. The van der Waals surface area contributed by atoms with Crippen molar-refractivity contribution in [3.05, 3.63) is 33.9 Å². The van der Waals surface area contributed by atoms with Gasteiger partial charge in [-0.15, -0.1) is 0 Å². The highest BCUT2D eigenvalue weighted by molar-refractivity contribution is 5.96. The van der Waals surface area contributed by atoms with Crippen LogP contribution in [0, 0.1) is 16.0 Å². The number of anilines is 1. The largest absolute Gasteiger partial charge is 0.383 e. The van der Waals surface area contributed by atoms with Gasteiger partial charge in [0.25, 0.3) is 11.6 Å². The summed E-state index contributed by atoms with van der Waals surface area (Å²) in [7, 11) is 1.60. The molecule has 1 aromatic carbocycles. The molecule has 0 spiro atoms. The van der Waals surface area contributed by atoms with E-state index in [1.54, 1.807) is 18.0 Å². The minimum atomic E-state index is -0.461. The van der Waals surface area contributed by atoms with Crippen molar-refractivity contribution in [1.82, 2.24) is 4.90 Å². The number of nitrogens with one attached hydrogen (secondary N) is 1. The first-order valence-electron chi connectivity index (χ1n) is 7.20. The van der Waals surface area contributed by atoms with Crippen molar-refractivity contribution in [2.75, 3.05) is 25.5 Å². The molecule has 0 aliphatic rings. The summed E-state index contributed by atoms with van der Waals surface area (Å²) in [6.07, 6.45) is 1.01. The van der Waals surface area contributed by atoms with E-state index in [9.17, 15) is 14.9 Å². The second-order valence-corrected chi connectivity index (χ2v) is 5.10. The smallest absolute Gasteiger partial charge is 0.292 e. The molecule has 6 nitrogen and oxygen atoms in total. The predicted octanol–water partition coefficient (Wildman–Crippen LogP) is 3.14. The first-order valence-corrected chi connectivity index (χ1v) is 7.20. The summed E-state index contributed by atoms with van der Waals surface area (Å²) >= 11 is 0. The molecule has 0 radical (unpaired) electrons. The Kier molecular flexibility index (Phi) is 6.14. The van der Waals surface area contributed by atoms with Gasteiger partial charge >= 0.3 is 0 Å². The quantitative estimate of drug-likeness (QED) is 0.619. The molecule has 0 aliphatic heterocycles. The summed E-state index contributed by atoms with van der Waals surface area (Å²) in [4.78, 5) is 24.7. The third-order valence-electron chi connectivity index (χ3n) is 3.61. The highest BCUT2D eigenvalue weighted by Gasteiger charge is 2.20. The standard InChI is InChI=1S/C15H23N3O3/c1-5-11(3)10-17(6-2)15(19)12-7-8-14(18(20)21)13(9-12)16-4/h7-9,11,16H,5-6,10H2,1-4H3. The van der Waals surface area contributed by atoms with Crippen LogP contribution in [0.4, 0.5) is 11.4 Å². The molecule has 21 heavy (non-hydrogen) atoms. The fourth-order valence-corrected chi connectivity index (χ4v) is 2.07. The van der Waals surface area contributed by atoms with Crippen LogP contribution in [0.25, 0.3) is 0 Å². The molecule has 1 amide bonds. The summed E-state index contributed by atoms with van der Waals surface area (Å²) in [5.41, 5.74) is 0.791. The molecule has 0 saturated carbocycles. The number of hydrogen-bond donors (Lipinski definition) is 1. The Morgan fingerprint density at radius 2 is 2.10 bits per heavy atom. The average molecular weight is 293 g/mol. The Balaban J connectivity index is 3.03. The van der Waals surface area contributed by atoms with Gasteiger partial charge in [0.05, 0.1) is 4.92 Å². The van der Waals surface area contributed by atoms with Crippen LogP contribution in [0.5, 0.6) is 0 Å². The molecule has 1 unspecified atom stereocenters. The minimum Gasteiger partial charge on any atom is -0.383 e. The van der Waals surface area contributed by atoms with Crippen molar-refractivity contribution >= 4 is 17.3 Å². The van der Waals surface area contributed by atoms with E-state index in [0.717, 1.165) is 6.42 Å². The van der Waals surface area contributed by atoms with E-state index in [4.69, 9.17) is 0 Å². The number of rotatable bonds is 7. The molecule has 116 valence electrons. The van der Waals surface area contributed by atoms with Gasteiger partial charge in [-0.05, 0) is 25.0 Å².